The Bertz CT molecular complexity index is 2620. The van der Waals surface area contributed by atoms with Gasteiger partial charge in [-0.2, -0.15) is 0 Å². The number of hydrogen-bond acceptors (Lipinski definition) is 13. The minimum atomic E-state index is -0.764. The third-order valence-electron chi connectivity index (χ3n) is 9.54. The molecule has 0 aliphatic carbocycles. The van der Waals surface area contributed by atoms with Crippen LogP contribution >= 0.6 is 43.2 Å². The van der Waals surface area contributed by atoms with Crippen molar-refractivity contribution in [1.82, 2.24) is 29.9 Å². The van der Waals surface area contributed by atoms with Crippen LogP contribution in [0.25, 0.3) is 44.8 Å². The molecule has 312 valence electrons. The highest BCUT2D eigenvalue weighted by Crippen LogP contribution is 2.33. The molecule has 0 spiro atoms. The molecule has 6 N–H and O–H groups in total. The molecule has 0 bridgehead atoms. The zero-order valence-electron chi connectivity index (χ0n) is 32.8. The summed E-state index contributed by atoms with van der Waals surface area (Å²) < 4.78 is 12.2. The van der Waals surface area contributed by atoms with Crippen LogP contribution < -0.4 is 11.5 Å². The summed E-state index contributed by atoms with van der Waals surface area (Å²) in [6.45, 7) is 0. The lowest BCUT2D eigenvalue weighted by Crippen LogP contribution is -2.29. The number of nitrogens with zero attached hydrogens (tertiary/aromatic N) is 4. The van der Waals surface area contributed by atoms with Crippen molar-refractivity contribution in [3.8, 4) is 22.8 Å². The molecule has 4 heterocycles. The number of carbonyl (C=O) groups excluding carboxylic acids is 3. The molecule has 8 rings (SSSR count). The van der Waals surface area contributed by atoms with Crippen LogP contribution in [0.4, 0.5) is 4.79 Å². The zero-order chi connectivity index (χ0) is 42.8. The van der Waals surface area contributed by atoms with E-state index in [1.165, 1.54) is 21.6 Å². The second kappa shape index (κ2) is 20.1. The van der Waals surface area contributed by atoms with Gasteiger partial charge in [0.15, 0.2) is 0 Å². The fourth-order valence-corrected chi connectivity index (χ4v) is 10.7. The minimum absolute atomic E-state index is 0.349. The van der Waals surface area contributed by atoms with Crippen LogP contribution in [-0.2, 0) is 22.3 Å². The van der Waals surface area contributed by atoms with E-state index >= 15 is 0 Å². The van der Waals surface area contributed by atoms with Crippen LogP contribution in [0.2, 0.25) is 0 Å². The molecule has 2 atom stereocenters. The minimum Gasteiger partial charge on any atom is -0.430 e. The average Bonchev–Trinajstić information content (AvgIpc) is 3.93. The van der Waals surface area contributed by atoms with Crippen LogP contribution in [-0.4, -0.2) is 71.6 Å². The van der Waals surface area contributed by atoms with Crippen molar-refractivity contribution in [2.24, 2.45) is 11.5 Å². The largest absolute Gasteiger partial charge is 0.508 e. The molecule has 4 aromatic carbocycles. The van der Waals surface area contributed by atoms with Gasteiger partial charge in [-0.3, -0.25) is 9.59 Å². The molecule has 4 aromatic heterocycles. The Hall–Kier alpha value is -6.27. The van der Waals surface area contributed by atoms with Crippen molar-refractivity contribution in [3.05, 3.63) is 156 Å². The summed E-state index contributed by atoms with van der Waals surface area (Å²) in [5, 5.41) is 1.69. The number of imidazole rings is 2. The van der Waals surface area contributed by atoms with E-state index in [1.807, 2.05) is 97.1 Å². The fourth-order valence-electron chi connectivity index (χ4n) is 6.56. The molecule has 62 heavy (non-hydrogen) atoms. The van der Waals surface area contributed by atoms with Crippen LogP contribution in [0.1, 0.15) is 31.8 Å². The van der Waals surface area contributed by atoms with Gasteiger partial charge in [0.1, 0.15) is 44.9 Å². The van der Waals surface area contributed by atoms with Crippen molar-refractivity contribution >= 4 is 83.2 Å². The second-order valence-electron chi connectivity index (χ2n) is 13.9. The van der Waals surface area contributed by atoms with Gasteiger partial charge in [0.05, 0.1) is 22.2 Å². The predicted octanol–water partition coefficient (Wildman–Crippen LogP) is 9.32. The zero-order valence-corrected chi connectivity index (χ0v) is 36.1. The number of aromatic amines is 2. The van der Waals surface area contributed by atoms with Gasteiger partial charge in [0, 0.05) is 47.9 Å². The van der Waals surface area contributed by atoms with E-state index in [9.17, 15) is 14.4 Å². The highest BCUT2D eigenvalue weighted by atomic mass is 33.1. The molecule has 0 saturated carbocycles. The van der Waals surface area contributed by atoms with E-state index in [2.05, 4.69) is 29.9 Å². The van der Waals surface area contributed by atoms with Gasteiger partial charge in [-0.1, -0.05) is 94.4 Å². The van der Waals surface area contributed by atoms with Gasteiger partial charge in [-0.05, 0) is 81.2 Å². The first-order valence-electron chi connectivity index (χ1n) is 19.3. The van der Waals surface area contributed by atoms with Gasteiger partial charge in [-0.25, -0.2) is 24.7 Å². The molecule has 13 nitrogen and oxygen atoms in total. The Morgan fingerprint density at radius 3 is 1.37 bits per heavy atom. The van der Waals surface area contributed by atoms with Crippen molar-refractivity contribution in [3.63, 3.8) is 0 Å². The molecule has 0 radical (unpaired) electrons. The van der Waals surface area contributed by atoms with E-state index in [-0.39, 0.29) is 0 Å². The molecular weight excluding hydrogens is 861 g/mol. The maximum atomic E-state index is 13.7. The number of amides is 2. The van der Waals surface area contributed by atoms with Crippen molar-refractivity contribution in [2.45, 2.75) is 35.1 Å². The molecule has 0 saturated heterocycles. The molecule has 2 unspecified atom stereocenters. The number of H-pyrrole nitrogens is 2. The highest BCUT2D eigenvalue weighted by Gasteiger charge is 2.23. The van der Waals surface area contributed by atoms with Gasteiger partial charge in [0.2, 0.25) is 0 Å². The lowest BCUT2D eigenvalue weighted by molar-refractivity contribution is 0.0104. The van der Waals surface area contributed by atoms with Crippen LogP contribution in [0, 0.1) is 0 Å². The van der Waals surface area contributed by atoms with Crippen LogP contribution in [0.3, 0.4) is 0 Å². The lowest BCUT2D eigenvalue weighted by atomic mass is 10.1. The Morgan fingerprint density at radius 2 is 0.984 bits per heavy atom. The maximum absolute atomic E-state index is 13.7. The van der Waals surface area contributed by atoms with Crippen molar-refractivity contribution in [2.75, 3.05) is 11.5 Å². The number of nitrogens with two attached hydrogens (primary N) is 2. The molecule has 8 aromatic rings. The molecule has 0 aliphatic rings. The van der Waals surface area contributed by atoms with E-state index in [0.29, 0.717) is 69.2 Å². The van der Waals surface area contributed by atoms with E-state index in [1.54, 1.807) is 58.2 Å². The van der Waals surface area contributed by atoms with E-state index < -0.39 is 30.2 Å². The maximum Gasteiger partial charge on any atom is 0.508 e. The number of para-hydroxylation sites is 2. The number of fused-ring (bicyclic) bond motifs is 2. The number of nitrogens with one attached hydrogen (secondary N) is 2. The number of carbonyl (C=O) groups is 3. The summed E-state index contributed by atoms with van der Waals surface area (Å²) in [6, 6.07) is 37.6. The lowest BCUT2D eigenvalue weighted by Gasteiger charge is -2.21. The third-order valence-corrected chi connectivity index (χ3v) is 14.2. The molecule has 0 aliphatic heterocycles. The quantitative estimate of drug-likeness (QED) is 0.0469. The predicted molar refractivity (Wildman–Crippen MR) is 248 cm³/mol. The van der Waals surface area contributed by atoms with Crippen LogP contribution in [0.5, 0.6) is 0 Å². The number of hydrogen-bond donors (Lipinski definition) is 4. The van der Waals surface area contributed by atoms with Gasteiger partial charge in [-0.15, -0.1) is 0 Å². The number of pyridine rings is 2. The number of ether oxygens (including phenoxy) is 2. The Kier molecular flexibility index (Phi) is 13.7. The van der Waals surface area contributed by atoms with Crippen LogP contribution in [0.15, 0.2) is 144 Å². The normalized spacial score (nSPS) is 12.3. The monoisotopic (exact) mass is 898 g/mol. The van der Waals surface area contributed by atoms with Gasteiger partial charge in [0.25, 0.3) is 11.8 Å². The third kappa shape index (κ3) is 10.8. The summed E-state index contributed by atoms with van der Waals surface area (Å²) >= 11 is 0. The summed E-state index contributed by atoms with van der Waals surface area (Å²) in [7, 11) is 6.10. The standard InChI is InChI=1S/C45H38N8O5S4/c46-41(54)33-7-5-9-35-39(33)52-43(50-35)29-17-13-27(14-18-29)23-31(25-59-61-37-11-1-3-21-48-37)57-45(56)58-32(26-60-62-38-12-2-4-22-49-38)24-28-15-19-30(20-16-28)44-51-36-10-6-8-34(42(47)55)40(36)53-44/h1-22,31-32H,23-26H2,(H2,46,54)(H2,47,55)(H,50,52)(H,51,53). The summed E-state index contributed by atoms with van der Waals surface area (Å²) in [5.41, 5.74) is 17.8. The summed E-state index contributed by atoms with van der Waals surface area (Å²) in [6.07, 6.45) is 2.50. The number of rotatable bonds is 18. The fraction of sp³-hybridized carbons (Fsp3) is 0.133. The van der Waals surface area contributed by atoms with Gasteiger partial charge < -0.3 is 30.9 Å². The molecule has 0 fully saturated rings. The molecular formula is C45H38N8O5S4. The first-order chi connectivity index (χ1) is 30.3. The topological polar surface area (TPSA) is 205 Å². The first-order valence-corrected chi connectivity index (χ1v) is 23.9. The second-order valence-corrected chi connectivity index (χ2v) is 18.6. The summed E-state index contributed by atoms with van der Waals surface area (Å²) in [5.74, 6) is 1.06. The Morgan fingerprint density at radius 1 is 0.548 bits per heavy atom. The number of primary amides is 2. The first kappa shape index (κ1) is 42.4. The van der Waals surface area contributed by atoms with E-state index in [4.69, 9.17) is 20.9 Å². The number of aromatic nitrogens is 6. The van der Waals surface area contributed by atoms with Gasteiger partial charge >= 0.3 is 6.16 Å². The molecule has 2 amide bonds. The smallest absolute Gasteiger partial charge is 0.430 e. The summed E-state index contributed by atoms with van der Waals surface area (Å²) in [4.78, 5) is 62.4. The Labute approximate surface area is 371 Å². The van der Waals surface area contributed by atoms with E-state index in [0.717, 1.165) is 32.3 Å². The number of benzene rings is 4. The average molecular weight is 899 g/mol. The SMILES string of the molecule is NC(=O)c1cccc2[nH]c(-c3ccc(CC(CSSc4ccccn4)OC(=O)OC(CSSc4ccccn4)Cc4ccc(-c5nc6c(C(N)=O)cccc6[nH]5)cc4)cc3)nc12. The Balaban J connectivity index is 0.967. The molecule has 17 heteroatoms. The van der Waals surface area contributed by atoms with Crippen molar-refractivity contribution in [1.29, 1.82) is 0 Å². The highest BCUT2D eigenvalue weighted by molar-refractivity contribution is 8.77. The van der Waals surface area contributed by atoms with Crippen molar-refractivity contribution < 1.29 is 23.9 Å².